The number of hydrogen-bond acceptors (Lipinski definition) is 1. The molecule has 0 aromatic heterocycles. The zero-order valence-electron chi connectivity index (χ0n) is 4.99. The Morgan fingerprint density at radius 3 is 2.78 bits per heavy atom. The summed E-state index contributed by atoms with van der Waals surface area (Å²) in [6.07, 6.45) is 4.79. The van der Waals surface area contributed by atoms with Crippen LogP contribution < -0.4 is 5.32 Å². The van der Waals surface area contributed by atoms with Crippen LogP contribution in [0.4, 0.5) is 4.39 Å². The molecule has 0 saturated carbocycles. The molecule has 0 saturated heterocycles. The van der Waals surface area contributed by atoms with E-state index in [0.29, 0.717) is 0 Å². The molecule has 0 aromatic rings. The number of dihydropyridines is 1. The van der Waals surface area contributed by atoms with E-state index in [-0.39, 0.29) is 0 Å². The summed E-state index contributed by atoms with van der Waals surface area (Å²) in [5.74, 6) is -1.40. The highest BCUT2D eigenvalue weighted by atomic mass is 79.9. The molecule has 1 rings (SSSR count). The third-order valence-electron chi connectivity index (χ3n) is 1.02. The minimum Gasteiger partial charge on any atom is -0.357 e. The van der Waals surface area contributed by atoms with Gasteiger partial charge in [-0.1, -0.05) is 15.9 Å². The lowest BCUT2D eigenvalue weighted by Crippen LogP contribution is -2.33. The van der Waals surface area contributed by atoms with Crippen molar-refractivity contribution < 1.29 is 4.39 Å². The summed E-state index contributed by atoms with van der Waals surface area (Å²) >= 11 is 3.16. The van der Waals surface area contributed by atoms with Crippen LogP contribution in [0, 0.1) is 0 Å². The van der Waals surface area contributed by atoms with Crippen molar-refractivity contribution in [3.8, 4) is 0 Å². The molecular weight excluding hydrogens is 185 g/mol. The fourth-order valence-electron chi connectivity index (χ4n) is 0.633. The Bertz CT molecular complexity index is 172. The fourth-order valence-corrected chi connectivity index (χ4v) is 1.20. The first-order valence-electron chi connectivity index (χ1n) is 2.62. The first-order chi connectivity index (χ1) is 4.10. The van der Waals surface area contributed by atoms with Gasteiger partial charge in [0.25, 0.3) is 0 Å². The molecule has 1 aliphatic heterocycles. The minimum absolute atomic E-state index is 0.770. The van der Waals surface area contributed by atoms with Gasteiger partial charge in [-0.3, -0.25) is 0 Å². The number of nitrogens with one attached hydrogen (secondary N) is 1. The number of hydrogen-bond donors (Lipinski definition) is 1. The van der Waals surface area contributed by atoms with Gasteiger partial charge in [-0.05, 0) is 19.1 Å². The van der Waals surface area contributed by atoms with Crippen LogP contribution >= 0.6 is 15.9 Å². The van der Waals surface area contributed by atoms with Gasteiger partial charge in [-0.15, -0.1) is 0 Å². The second-order valence-corrected chi connectivity index (χ2v) is 3.00. The molecule has 0 aromatic carbocycles. The highest BCUT2D eigenvalue weighted by molar-refractivity contribution is 9.11. The first-order valence-corrected chi connectivity index (χ1v) is 3.41. The van der Waals surface area contributed by atoms with Crippen LogP contribution in [-0.2, 0) is 0 Å². The highest BCUT2D eigenvalue weighted by Gasteiger charge is 2.19. The van der Waals surface area contributed by atoms with E-state index in [0.717, 1.165) is 4.48 Å². The molecule has 0 radical (unpaired) electrons. The van der Waals surface area contributed by atoms with Gasteiger partial charge < -0.3 is 5.32 Å². The average molecular weight is 192 g/mol. The summed E-state index contributed by atoms with van der Waals surface area (Å²) in [7, 11) is 0. The third kappa shape index (κ3) is 1.82. The molecule has 0 aliphatic carbocycles. The highest BCUT2D eigenvalue weighted by Crippen LogP contribution is 2.19. The van der Waals surface area contributed by atoms with Crippen molar-refractivity contribution in [2.75, 3.05) is 0 Å². The van der Waals surface area contributed by atoms with Gasteiger partial charge >= 0.3 is 0 Å². The van der Waals surface area contributed by atoms with E-state index in [1.54, 1.807) is 12.3 Å². The largest absolute Gasteiger partial charge is 0.357 e. The maximum Gasteiger partial charge on any atom is 0.197 e. The lowest BCUT2D eigenvalue weighted by atomic mass is 10.2. The molecule has 1 aliphatic rings. The van der Waals surface area contributed by atoms with E-state index in [9.17, 15) is 4.39 Å². The molecule has 0 bridgehead atoms. The van der Waals surface area contributed by atoms with Crippen molar-refractivity contribution in [1.29, 1.82) is 0 Å². The van der Waals surface area contributed by atoms with Gasteiger partial charge in [-0.2, -0.15) is 0 Å². The number of halogens is 2. The molecule has 1 nitrogen and oxygen atoms in total. The summed E-state index contributed by atoms with van der Waals surface area (Å²) in [6, 6.07) is 0. The molecule has 1 unspecified atom stereocenters. The molecular formula is C6H7BrFN. The smallest absolute Gasteiger partial charge is 0.197 e. The van der Waals surface area contributed by atoms with E-state index in [2.05, 4.69) is 21.2 Å². The topological polar surface area (TPSA) is 12.0 Å². The number of allylic oxidation sites excluding steroid dienone is 2. The molecule has 1 atom stereocenters. The van der Waals surface area contributed by atoms with E-state index in [1.165, 1.54) is 13.0 Å². The van der Waals surface area contributed by atoms with Crippen LogP contribution in [0.5, 0.6) is 0 Å². The van der Waals surface area contributed by atoms with Crippen LogP contribution in [0.3, 0.4) is 0 Å². The van der Waals surface area contributed by atoms with Gasteiger partial charge in [0.2, 0.25) is 0 Å². The van der Waals surface area contributed by atoms with Crippen molar-refractivity contribution in [2.24, 2.45) is 0 Å². The predicted octanol–water partition coefficient (Wildman–Crippen LogP) is 2.07. The molecule has 9 heavy (non-hydrogen) atoms. The second kappa shape index (κ2) is 2.14. The molecule has 3 heteroatoms. The van der Waals surface area contributed by atoms with Crippen molar-refractivity contribution in [2.45, 2.75) is 12.7 Å². The molecule has 0 fully saturated rings. The lowest BCUT2D eigenvalue weighted by molar-refractivity contribution is 0.224. The van der Waals surface area contributed by atoms with Crippen molar-refractivity contribution in [1.82, 2.24) is 5.32 Å². The maximum atomic E-state index is 12.9. The standard InChI is InChI=1S/C6H7BrFN/c1-6(8)4-5(7)2-3-9-6/h2-4,9H,1H3. The number of alkyl halides is 1. The van der Waals surface area contributed by atoms with Gasteiger partial charge in [0.1, 0.15) is 0 Å². The molecule has 1 heterocycles. The maximum absolute atomic E-state index is 12.9. The molecule has 0 spiro atoms. The van der Waals surface area contributed by atoms with Gasteiger partial charge in [-0.25, -0.2) is 4.39 Å². The van der Waals surface area contributed by atoms with Crippen LogP contribution in [0.15, 0.2) is 22.8 Å². The quantitative estimate of drug-likeness (QED) is 0.579. The average Bonchev–Trinajstić information content (AvgIpc) is 1.60. The predicted molar refractivity (Wildman–Crippen MR) is 38.8 cm³/mol. The Labute approximate surface area is 61.8 Å². The second-order valence-electron chi connectivity index (χ2n) is 2.08. The number of rotatable bonds is 0. The van der Waals surface area contributed by atoms with Crippen LogP contribution in [0.2, 0.25) is 0 Å². The Morgan fingerprint density at radius 1 is 1.78 bits per heavy atom. The lowest BCUT2D eigenvalue weighted by Gasteiger charge is -2.19. The van der Waals surface area contributed by atoms with E-state index >= 15 is 0 Å². The monoisotopic (exact) mass is 191 g/mol. The molecule has 50 valence electrons. The van der Waals surface area contributed by atoms with Crippen molar-refractivity contribution in [3.63, 3.8) is 0 Å². The van der Waals surface area contributed by atoms with E-state index < -0.39 is 5.79 Å². The van der Waals surface area contributed by atoms with Gasteiger partial charge in [0.05, 0.1) is 0 Å². The first kappa shape index (κ1) is 6.81. The van der Waals surface area contributed by atoms with Crippen LogP contribution in [0.1, 0.15) is 6.92 Å². The Hall–Kier alpha value is -0.310. The van der Waals surface area contributed by atoms with Crippen LogP contribution in [0.25, 0.3) is 0 Å². The summed E-state index contributed by atoms with van der Waals surface area (Å²) in [4.78, 5) is 0. The minimum atomic E-state index is -1.40. The zero-order valence-corrected chi connectivity index (χ0v) is 6.57. The summed E-state index contributed by atoms with van der Waals surface area (Å²) in [5, 5.41) is 2.54. The summed E-state index contributed by atoms with van der Waals surface area (Å²) < 4.78 is 13.6. The molecule has 1 N–H and O–H groups in total. The van der Waals surface area contributed by atoms with E-state index in [1.807, 2.05) is 0 Å². The Kier molecular flexibility index (Phi) is 1.62. The summed E-state index contributed by atoms with van der Waals surface area (Å²) in [6.45, 7) is 1.46. The third-order valence-corrected chi connectivity index (χ3v) is 1.51. The van der Waals surface area contributed by atoms with Crippen molar-refractivity contribution >= 4 is 15.9 Å². The Morgan fingerprint density at radius 2 is 2.44 bits per heavy atom. The van der Waals surface area contributed by atoms with Gasteiger partial charge in [0, 0.05) is 10.7 Å². The zero-order chi connectivity index (χ0) is 6.91. The van der Waals surface area contributed by atoms with Crippen molar-refractivity contribution in [3.05, 3.63) is 22.8 Å². The molecule has 0 amide bonds. The van der Waals surface area contributed by atoms with Crippen LogP contribution in [-0.4, -0.2) is 5.79 Å². The fraction of sp³-hybridized carbons (Fsp3) is 0.333. The Balaban J connectivity index is 2.78. The normalized spacial score (nSPS) is 33.4. The summed E-state index contributed by atoms with van der Waals surface area (Å²) in [5.41, 5.74) is 0. The SMILES string of the molecule is CC1(F)C=C(Br)C=CN1. The van der Waals surface area contributed by atoms with Gasteiger partial charge in [0.15, 0.2) is 5.79 Å². The van der Waals surface area contributed by atoms with E-state index in [4.69, 9.17) is 0 Å².